The quantitative estimate of drug-likeness (QED) is 0.736. The Morgan fingerprint density at radius 3 is 2.48 bits per heavy atom. The Morgan fingerprint density at radius 2 is 1.78 bits per heavy atom. The van der Waals surface area contributed by atoms with Gasteiger partial charge >= 0.3 is 0 Å². The maximum absolute atomic E-state index is 12.2. The van der Waals surface area contributed by atoms with E-state index in [9.17, 15) is 4.79 Å². The summed E-state index contributed by atoms with van der Waals surface area (Å²) in [5, 5.41) is 2.96. The van der Waals surface area contributed by atoms with Crippen LogP contribution in [0.5, 0.6) is 5.75 Å². The third kappa shape index (κ3) is 5.44. The number of benzene rings is 2. The van der Waals surface area contributed by atoms with E-state index in [1.807, 2.05) is 24.3 Å². The van der Waals surface area contributed by atoms with E-state index in [1.54, 1.807) is 12.1 Å². The van der Waals surface area contributed by atoms with Crippen LogP contribution in [0, 0.1) is 0 Å². The number of hydrogen-bond donors (Lipinski definition) is 1. The lowest BCUT2D eigenvalue weighted by Crippen LogP contribution is -2.22. The fourth-order valence-electron chi connectivity index (χ4n) is 2.28. The molecule has 2 rings (SSSR count). The van der Waals surface area contributed by atoms with Crippen molar-refractivity contribution in [2.24, 2.45) is 0 Å². The van der Waals surface area contributed by atoms with Crippen LogP contribution in [0.25, 0.3) is 0 Å². The van der Waals surface area contributed by atoms with E-state index >= 15 is 0 Å². The van der Waals surface area contributed by atoms with Gasteiger partial charge < -0.3 is 10.1 Å². The zero-order valence-electron chi connectivity index (χ0n) is 14.0. The molecule has 0 atom stereocenters. The van der Waals surface area contributed by atoms with Crippen molar-refractivity contribution in [3.8, 4) is 5.75 Å². The van der Waals surface area contributed by atoms with Gasteiger partial charge in [0.15, 0.2) is 0 Å². The third-order valence-corrected chi connectivity index (χ3v) is 3.74. The molecule has 122 valence electrons. The fraction of sp³-hybridized carbons (Fsp3) is 0.350. The minimum atomic E-state index is -0.0630. The SMILES string of the molecule is CCCCOc1ccc(C(=O)NCc2cccc(CC)c2)cc1. The molecule has 3 nitrogen and oxygen atoms in total. The van der Waals surface area contributed by atoms with E-state index in [0.29, 0.717) is 12.1 Å². The Labute approximate surface area is 138 Å². The standard InChI is InChI=1S/C20H25NO2/c1-3-5-13-23-19-11-9-18(10-12-19)20(22)21-15-17-8-6-7-16(4-2)14-17/h6-12,14H,3-5,13,15H2,1-2H3,(H,21,22). The number of unbranched alkanes of at least 4 members (excludes halogenated alkanes) is 1. The molecule has 0 aliphatic rings. The normalized spacial score (nSPS) is 10.3. The van der Waals surface area contributed by atoms with Gasteiger partial charge in [0, 0.05) is 12.1 Å². The van der Waals surface area contributed by atoms with E-state index < -0.39 is 0 Å². The van der Waals surface area contributed by atoms with Crippen LogP contribution in [0.2, 0.25) is 0 Å². The highest BCUT2D eigenvalue weighted by Crippen LogP contribution is 2.13. The smallest absolute Gasteiger partial charge is 0.251 e. The lowest BCUT2D eigenvalue weighted by atomic mass is 10.1. The van der Waals surface area contributed by atoms with Crippen molar-refractivity contribution < 1.29 is 9.53 Å². The van der Waals surface area contributed by atoms with Crippen LogP contribution >= 0.6 is 0 Å². The summed E-state index contributed by atoms with van der Waals surface area (Å²) in [6, 6.07) is 15.6. The zero-order chi connectivity index (χ0) is 16.5. The predicted molar refractivity (Wildman–Crippen MR) is 93.8 cm³/mol. The minimum Gasteiger partial charge on any atom is -0.494 e. The molecular formula is C20H25NO2. The Morgan fingerprint density at radius 1 is 1.04 bits per heavy atom. The van der Waals surface area contributed by atoms with Crippen molar-refractivity contribution in [1.29, 1.82) is 0 Å². The molecule has 1 amide bonds. The lowest BCUT2D eigenvalue weighted by molar-refractivity contribution is 0.0951. The Bertz CT molecular complexity index is 620. The molecule has 0 aliphatic heterocycles. The van der Waals surface area contributed by atoms with Crippen molar-refractivity contribution in [3.05, 3.63) is 65.2 Å². The highest BCUT2D eigenvalue weighted by atomic mass is 16.5. The molecule has 0 unspecified atom stereocenters. The van der Waals surface area contributed by atoms with Gasteiger partial charge in [-0.3, -0.25) is 4.79 Å². The summed E-state index contributed by atoms with van der Waals surface area (Å²) in [6.07, 6.45) is 3.15. The van der Waals surface area contributed by atoms with E-state index in [1.165, 1.54) is 5.56 Å². The monoisotopic (exact) mass is 311 g/mol. The van der Waals surface area contributed by atoms with Gasteiger partial charge in [-0.15, -0.1) is 0 Å². The van der Waals surface area contributed by atoms with Crippen LogP contribution in [0.1, 0.15) is 48.2 Å². The summed E-state index contributed by atoms with van der Waals surface area (Å²) in [4.78, 5) is 12.2. The molecular weight excluding hydrogens is 286 g/mol. The molecule has 0 aromatic heterocycles. The van der Waals surface area contributed by atoms with E-state index in [-0.39, 0.29) is 5.91 Å². The molecule has 0 aliphatic carbocycles. The Hall–Kier alpha value is -2.29. The van der Waals surface area contributed by atoms with Crippen molar-refractivity contribution in [2.45, 2.75) is 39.7 Å². The second-order valence-electron chi connectivity index (χ2n) is 5.58. The van der Waals surface area contributed by atoms with Gasteiger partial charge in [0.05, 0.1) is 6.61 Å². The van der Waals surface area contributed by atoms with Crippen LogP contribution in [0.15, 0.2) is 48.5 Å². The van der Waals surface area contributed by atoms with Gasteiger partial charge in [0.1, 0.15) is 5.75 Å². The predicted octanol–water partition coefficient (Wildman–Crippen LogP) is 4.36. The molecule has 2 aromatic rings. The highest BCUT2D eigenvalue weighted by molar-refractivity contribution is 5.94. The maximum Gasteiger partial charge on any atom is 0.251 e. The van der Waals surface area contributed by atoms with E-state index in [4.69, 9.17) is 4.74 Å². The minimum absolute atomic E-state index is 0.0630. The third-order valence-electron chi connectivity index (χ3n) is 3.74. The molecule has 0 fully saturated rings. The molecule has 3 heteroatoms. The summed E-state index contributed by atoms with van der Waals surface area (Å²) >= 11 is 0. The summed E-state index contributed by atoms with van der Waals surface area (Å²) in [7, 11) is 0. The summed E-state index contributed by atoms with van der Waals surface area (Å²) in [6.45, 7) is 5.52. The van der Waals surface area contributed by atoms with Gasteiger partial charge in [-0.25, -0.2) is 0 Å². The average molecular weight is 311 g/mol. The summed E-state index contributed by atoms with van der Waals surface area (Å²) in [5.41, 5.74) is 3.06. The zero-order valence-corrected chi connectivity index (χ0v) is 14.0. The molecule has 0 spiro atoms. The Kier molecular flexibility index (Phi) is 6.67. The van der Waals surface area contributed by atoms with Crippen LogP contribution < -0.4 is 10.1 Å². The first-order valence-corrected chi connectivity index (χ1v) is 8.31. The number of nitrogens with one attached hydrogen (secondary N) is 1. The molecule has 0 saturated carbocycles. The van der Waals surface area contributed by atoms with E-state index in [0.717, 1.165) is 37.2 Å². The number of hydrogen-bond acceptors (Lipinski definition) is 2. The number of rotatable bonds is 8. The van der Waals surface area contributed by atoms with Crippen molar-refractivity contribution >= 4 is 5.91 Å². The molecule has 0 heterocycles. The van der Waals surface area contributed by atoms with Gasteiger partial charge in [-0.1, -0.05) is 44.5 Å². The number of ether oxygens (including phenoxy) is 1. The number of carbonyl (C=O) groups is 1. The number of amides is 1. The fourth-order valence-corrected chi connectivity index (χ4v) is 2.28. The van der Waals surface area contributed by atoms with E-state index in [2.05, 4.69) is 31.3 Å². The van der Waals surface area contributed by atoms with Gasteiger partial charge in [-0.05, 0) is 48.2 Å². The molecule has 23 heavy (non-hydrogen) atoms. The first-order valence-electron chi connectivity index (χ1n) is 8.31. The maximum atomic E-state index is 12.2. The summed E-state index contributed by atoms with van der Waals surface area (Å²) in [5.74, 6) is 0.748. The number of aryl methyl sites for hydroxylation is 1. The van der Waals surface area contributed by atoms with Crippen LogP contribution in [-0.4, -0.2) is 12.5 Å². The van der Waals surface area contributed by atoms with Crippen LogP contribution in [-0.2, 0) is 13.0 Å². The molecule has 0 radical (unpaired) electrons. The van der Waals surface area contributed by atoms with Crippen molar-refractivity contribution in [3.63, 3.8) is 0 Å². The molecule has 0 saturated heterocycles. The lowest BCUT2D eigenvalue weighted by Gasteiger charge is -2.08. The summed E-state index contributed by atoms with van der Waals surface area (Å²) < 4.78 is 5.60. The van der Waals surface area contributed by atoms with Gasteiger partial charge in [-0.2, -0.15) is 0 Å². The number of carbonyl (C=O) groups excluding carboxylic acids is 1. The van der Waals surface area contributed by atoms with Crippen LogP contribution in [0.3, 0.4) is 0 Å². The van der Waals surface area contributed by atoms with Crippen molar-refractivity contribution in [2.75, 3.05) is 6.61 Å². The molecule has 1 N–H and O–H groups in total. The van der Waals surface area contributed by atoms with Crippen molar-refractivity contribution in [1.82, 2.24) is 5.32 Å². The Balaban J connectivity index is 1.87. The first kappa shape index (κ1) is 17.1. The molecule has 2 aromatic carbocycles. The first-order chi connectivity index (χ1) is 11.2. The topological polar surface area (TPSA) is 38.3 Å². The highest BCUT2D eigenvalue weighted by Gasteiger charge is 2.05. The largest absolute Gasteiger partial charge is 0.494 e. The average Bonchev–Trinajstić information content (AvgIpc) is 2.60. The molecule has 0 bridgehead atoms. The van der Waals surface area contributed by atoms with Gasteiger partial charge in [0.25, 0.3) is 5.91 Å². The second-order valence-corrected chi connectivity index (χ2v) is 5.58. The second kappa shape index (κ2) is 8.99. The van der Waals surface area contributed by atoms with Gasteiger partial charge in [0.2, 0.25) is 0 Å². The van der Waals surface area contributed by atoms with Crippen LogP contribution in [0.4, 0.5) is 0 Å².